The predicted octanol–water partition coefficient (Wildman–Crippen LogP) is 2.25. The lowest BCUT2D eigenvalue weighted by molar-refractivity contribution is -0.133. The molecule has 29 heavy (non-hydrogen) atoms. The monoisotopic (exact) mass is 390 g/mol. The number of benzene rings is 2. The fourth-order valence-corrected chi connectivity index (χ4v) is 4.82. The number of piperazine rings is 1. The number of amides is 3. The Hall–Kier alpha value is -2.86. The third-order valence-corrected chi connectivity index (χ3v) is 6.51. The van der Waals surface area contributed by atoms with Crippen LogP contribution < -0.4 is 10.2 Å². The fraction of sp³-hybridized carbons (Fsp3) is 0.391. The van der Waals surface area contributed by atoms with Crippen LogP contribution >= 0.6 is 0 Å². The largest absolute Gasteiger partial charge is 0.369 e. The lowest BCUT2D eigenvalue weighted by atomic mass is 9.78. The molecule has 0 saturated carbocycles. The first-order chi connectivity index (χ1) is 14.1. The second-order valence-corrected chi connectivity index (χ2v) is 8.27. The van der Waals surface area contributed by atoms with E-state index in [1.165, 1.54) is 21.7 Å². The van der Waals surface area contributed by atoms with Crippen molar-refractivity contribution in [2.45, 2.75) is 24.8 Å². The number of imide groups is 1. The van der Waals surface area contributed by atoms with Gasteiger partial charge in [0.1, 0.15) is 5.54 Å². The summed E-state index contributed by atoms with van der Waals surface area (Å²) in [4.78, 5) is 31.9. The molecule has 0 bridgehead atoms. The third kappa shape index (κ3) is 3.27. The zero-order valence-corrected chi connectivity index (χ0v) is 16.5. The predicted molar refractivity (Wildman–Crippen MR) is 112 cm³/mol. The van der Waals surface area contributed by atoms with Crippen LogP contribution in [0, 0.1) is 0 Å². The topological polar surface area (TPSA) is 55.9 Å². The zero-order chi connectivity index (χ0) is 19.8. The molecule has 1 N–H and O–H groups in total. The van der Waals surface area contributed by atoms with Crippen molar-refractivity contribution in [3.05, 3.63) is 65.7 Å². The molecular weight excluding hydrogens is 364 g/mol. The first-order valence-electron chi connectivity index (χ1n) is 10.4. The summed E-state index contributed by atoms with van der Waals surface area (Å²) in [5.74, 6) is -0.0671. The Labute approximate surface area is 171 Å². The molecule has 6 nitrogen and oxygen atoms in total. The van der Waals surface area contributed by atoms with Crippen molar-refractivity contribution in [3.8, 4) is 0 Å². The van der Waals surface area contributed by atoms with E-state index in [2.05, 4.69) is 51.5 Å². The zero-order valence-electron chi connectivity index (χ0n) is 16.5. The van der Waals surface area contributed by atoms with E-state index in [9.17, 15) is 9.59 Å². The van der Waals surface area contributed by atoms with Gasteiger partial charge in [0, 0.05) is 38.3 Å². The maximum atomic E-state index is 13.3. The molecule has 2 heterocycles. The average molecular weight is 390 g/mol. The number of rotatable bonds is 3. The molecule has 1 spiro atoms. The van der Waals surface area contributed by atoms with Crippen LogP contribution in [0.1, 0.15) is 17.5 Å². The van der Waals surface area contributed by atoms with Gasteiger partial charge in [-0.2, -0.15) is 0 Å². The van der Waals surface area contributed by atoms with Gasteiger partial charge in [-0.1, -0.05) is 42.5 Å². The fourth-order valence-electron chi connectivity index (χ4n) is 4.82. The van der Waals surface area contributed by atoms with Crippen molar-refractivity contribution in [2.24, 2.45) is 0 Å². The number of fused-ring (bicyclic) bond motifs is 1. The van der Waals surface area contributed by atoms with Crippen LogP contribution in [0.5, 0.6) is 0 Å². The van der Waals surface area contributed by atoms with Crippen LogP contribution in [-0.4, -0.2) is 60.1 Å². The van der Waals surface area contributed by atoms with E-state index >= 15 is 0 Å². The Morgan fingerprint density at radius 1 is 0.862 bits per heavy atom. The molecule has 5 rings (SSSR count). The number of nitrogens with one attached hydrogen (secondary N) is 1. The summed E-state index contributed by atoms with van der Waals surface area (Å²) >= 11 is 0. The van der Waals surface area contributed by atoms with E-state index in [0.717, 1.165) is 32.6 Å². The van der Waals surface area contributed by atoms with E-state index in [1.807, 2.05) is 18.2 Å². The van der Waals surface area contributed by atoms with Gasteiger partial charge in [0.05, 0.1) is 6.67 Å². The van der Waals surface area contributed by atoms with E-state index in [0.29, 0.717) is 19.5 Å². The summed E-state index contributed by atoms with van der Waals surface area (Å²) in [5, 5.41) is 3.03. The van der Waals surface area contributed by atoms with Crippen molar-refractivity contribution in [3.63, 3.8) is 0 Å². The first-order valence-corrected chi connectivity index (χ1v) is 10.4. The van der Waals surface area contributed by atoms with E-state index in [1.54, 1.807) is 0 Å². The van der Waals surface area contributed by atoms with Gasteiger partial charge in [-0.05, 0) is 36.1 Å². The van der Waals surface area contributed by atoms with Gasteiger partial charge in [0.2, 0.25) is 0 Å². The number of para-hydroxylation sites is 1. The molecule has 0 unspecified atom stereocenters. The van der Waals surface area contributed by atoms with E-state index in [-0.39, 0.29) is 11.9 Å². The SMILES string of the molecule is O=C1N[C@@]2(CCc3ccccc3C2)C(=O)N1CN1CCN(c2ccccc2)CC1. The van der Waals surface area contributed by atoms with Crippen molar-refractivity contribution >= 4 is 17.6 Å². The minimum absolute atomic E-state index is 0.0671. The molecular formula is C23H26N4O2. The maximum Gasteiger partial charge on any atom is 0.326 e. The normalized spacial score (nSPS) is 24.7. The number of hydrogen-bond donors (Lipinski definition) is 1. The molecule has 2 aliphatic heterocycles. The Kier molecular flexibility index (Phi) is 4.51. The van der Waals surface area contributed by atoms with Gasteiger partial charge in [0.25, 0.3) is 5.91 Å². The van der Waals surface area contributed by atoms with Crippen molar-refractivity contribution in [1.82, 2.24) is 15.1 Å². The van der Waals surface area contributed by atoms with Gasteiger partial charge in [-0.25, -0.2) is 9.69 Å². The minimum Gasteiger partial charge on any atom is -0.369 e. The third-order valence-electron chi connectivity index (χ3n) is 6.51. The quantitative estimate of drug-likeness (QED) is 0.817. The average Bonchev–Trinajstić information content (AvgIpc) is 2.98. The molecule has 2 fully saturated rings. The highest BCUT2D eigenvalue weighted by Gasteiger charge is 2.52. The maximum absolute atomic E-state index is 13.3. The van der Waals surface area contributed by atoms with Crippen LogP contribution in [0.3, 0.4) is 0 Å². The summed E-state index contributed by atoms with van der Waals surface area (Å²) in [6, 6.07) is 18.4. The molecule has 2 aromatic rings. The second-order valence-electron chi connectivity index (χ2n) is 8.27. The van der Waals surface area contributed by atoms with E-state index in [4.69, 9.17) is 0 Å². The number of aryl methyl sites for hydroxylation is 1. The van der Waals surface area contributed by atoms with Crippen LogP contribution in [0.2, 0.25) is 0 Å². The van der Waals surface area contributed by atoms with Crippen molar-refractivity contribution < 1.29 is 9.59 Å². The molecule has 1 aliphatic carbocycles. The van der Waals surface area contributed by atoms with Gasteiger partial charge in [-0.15, -0.1) is 0 Å². The highest BCUT2D eigenvalue weighted by Crippen LogP contribution is 2.33. The Bertz CT molecular complexity index is 923. The Morgan fingerprint density at radius 3 is 2.31 bits per heavy atom. The van der Waals surface area contributed by atoms with Crippen molar-refractivity contribution in [2.75, 3.05) is 37.7 Å². The molecule has 3 aliphatic rings. The molecule has 2 saturated heterocycles. The number of urea groups is 1. The smallest absolute Gasteiger partial charge is 0.326 e. The highest BCUT2D eigenvalue weighted by molar-refractivity contribution is 6.07. The number of nitrogens with zero attached hydrogens (tertiary/aromatic N) is 3. The number of anilines is 1. The molecule has 150 valence electrons. The molecule has 2 aromatic carbocycles. The minimum atomic E-state index is -0.767. The summed E-state index contributed by atoms with van der Waals surface area (Å²) in [5.41, 5.74) is 2.92. The van der Waals surface area contributed by atoms with Crippen LogP contribution in [0.15, 0.2) is 54.6 Å². The summed E-state index contributed by atoms with van der Waals surface area (Å²) < 4.78 is 0. The van der Waals surface area contributed by atoms with Gasteiger partial charge >= 0.3 is 6.03 Å². The standard InChI is InChI=1S/C23H26N4O2/c28-21-23(11-10-18-6-4-5-7-19(18)16-23)24-22(29)27(21)17-25-12-14-26(15-13-25)20-8-2-1-3-9-20/h1-9H,10-17H2,(H,24,29)/t23-/m1/s1. The lowest BCUT2D eigenvalue weighted by Crippen LogP contribution is -2.53. The first kappa shape index (κ1) is 18.2. The Balaban J connectivity index is 1.24. The van der Waals surface area contributed by atoms with Crippen LogP contribution in [0.25, 0.3) is 0 Å². The second kappa shape index (κ2) is 7.19. The summed E-state index contributed by atoms with van der Waals surface area (Å²) in [6.45, 7) is 3.83. The molecule has 3 amide bonds. The molecule has 0 radical (unpaired) electrons. The molecule has 6 heteroatoms. The van der Waals surface area contributed by atoms with Gasteiger partial charge in [-0.3, -0.25) is 9.69 Å². The van der Waals surface area contributed by atoms with Crippen molar-refractivity contribution in [1.29, 1.82) is 0 Å². The molecule has 0 aromatic heterocycles. The number of hydrogen-bond acceptors (Lipinski definition) is 4. The van der Waals surface area contributed by atoms with Gasteiger partial charge < -0.3 is 10.2 Å². The Morgan fingerprint density at radius 2 is 1.55 bits per heavy atom. The summed E-state index contributed by atoms with van der Waals surface area (Å²) in [7, 11) is 0. The lowest BCUT2D eigenvalue weighted by Gasteiger charge is -2.37. The summed E-state index contributed by atoms with van der Waals surface area (Å²) in [6.07, 6.45) is 2.09. The van der Waals surface area contributed by atoms with Crippen LogP contribution in [-0.2, 0) is 17.6 Å². The molecule has 1 atom stereocenters. The van der Waals surface area contributed by atoms with Crippen LogP contribution in [0.4, 0.5) is 10.5 Å². The van der Waals surface area contributed by atoms with E-state index < -0.39 is 5.54 Å². The van der Waals surface area contributed by atoms with Gasteiger partial charge in [0.15, 0.2) is 0 Å². The number of carbonyl (C=O) groups excluding carboxylic acids is 2. The highest BCUT2D eigenvalue weighted by atomic mass is 16.2. The number of carbonyl (C=O) groups is 2.